The predicted octanol–water partition coefficient (Wildman–Crippen LogP) is 2.48. The van der Waals surface area contributed by atoms with Crippen molar-refractivity contribution in [3.05, 3.63) is 71.0 Å². The van der Waals surface area contributed by atoms with Gasteiger partial charge in [-0.2, -0.15) is 0 Å². The first kappa shape index (κ1) is 19.4. The number of hydrogen-bond donors (Lipinski definition) is 3. The van der Waals surface area contributed by atoms with Crippen molar-refractivity contribution < 1.29 is 9.18 Å². The maximum Gasteiger partial charge on any atom is 0.251 e. The molecule has 138 valence electrons. The fraction of sp³-hybridized carbons (Fsp3) is 0.300. The molecule has 0 aliphatic rings. The Balaban J connectivity index is 1.82. The maximum atomic E-state index is 12.9. The molecular weight excluding hydrogens is 331 g/mol. The predicted molar refractivity (Wildman–Crippen MR) is 103 cm³/mol. The Kier molecular flexibility index (Phi) is 7.61. The normalized spacial score (nSPS) is 11.1. The molecule has 0 aliphatic heterocycles. The van der Waals surface area contributed by atoms with Gasteiger partial charge < -0.3 is 16.0 Å². The topological polar surface area (TPSA) is 65.5 Å². The Morgan fingerprint density at radius 2 is 1.81 bits per heavy atom. The number of amides is 1. The molecule has 26 heavy (non-hydrogen) atoms. The summed E-state index contributed by atoms with van der Waals surface area (Å²) in [4.78, 5) is 16.1. The van der Waals surface area contributed by atoms with Gasteiger partial charge in [-0.1, -0.05) is 24.3 Å². The first-order chi connectivity index (χ1) is 12.6. The van der Waals surface area contributed by atoms with E-state index in [4.69, 9.17) is 0 Å². The molecule has 2 rings (SSSR count). The summed E-state index contributed by atoms with van der Waals surface area (Å²) < 4.78 is 12.9. The summed E-state index contributed by atoms with van der Waals surface area (Å²) in [7, 11) is 1.71. The molecule has 0 spiro atoms. The number of guanidine groups is 1. The van der Waals surface area contributed by atoms with Gasteiger partial charge in [-0.3, -0.25) is 9.79 Å². The SMILES string of the molecule is CCNC(=O)c1cccc(CNC(=NC)NCCc2ccc(F)cc2)c1. The van der Waals surface area contributed by atoms with Crippen molar-refractivity contribution in [3.8, 4) is 0 Å². The molecule has 0 unspecified atom stereocenters. The number of nitrogens with zero attached hydrogens (tertiary/aromatic N) is 1. The van der Waals surface area contributed by atoms with Crippen LogP contribution in [0.25, 0.3) is 0 Å². The lowest BCUT2D eigenvalue weighted by atomic mass is 10.1. The summed E-state index contributed by atoms with van der Waals surface area (Å²) in [6.45, 7) is 3.74. The molecule has 0 saturated heterocycles. The van der Waals surface area contributed by atoms with Gasteiger partial charge in [0.25, 0.3) is 5.91 Å². The lowest BCUT2D eigenvalue weighted by molar-refractivity contribution is 0.0955. The summed E-state index contributed by atoms with van der Waals surface area (Å²) in [5, 5.41) is 9.25. The minimum atomic E-state index is -0.228. The molecule has 3 N–H and O–H groups in total. The second kappa shape index (κ2) is 10.2. The smallest absolute Gasteiger partial charge is 0.251 e. The highest BCUT2D eigenvalue weighted by atomic mass is 19.1. The zero-order valence-electron chi connectivity index (χ0n) is 15.2. The molecule has 0 bridgehead atoms. The number of rotatable bonds is 7. The maximum absolute atomic E-state index is 12.9. The van der Waals surface area contributed by atoms with E-state index < -0.39 is 0 Å². The van der Waals surface area contributed by atoms with Crippen LogP contribution in [0.15, 0.2) is 53.5 Å². The van der Waals surface area contributed by atoms with Crippen LogP contribution in [0.3, 0.4) is 0 Å². The Labute approximate surface area is 153 Å². The van der Waals surface area contributed by atoms with E-state index in [9.17, 15) is 9.18 Å². The number of nitrogens with one attached hydrogen (secondary N) is 3. The molecule has 2 aromatic rings. The monoisotopic (exact) mass is 356 g/mol. The zero-order valence-corrected chi connectivity index (χ0v) is 15.2. The molecule has 1 amide bonds. The fourth-order valence-electron chi connectivity index (χ4n) is 2.47. The number of halogens is 1. The summed E-state index contributed by atoms with van der Waals surface area (Å²) >= 11 is 0. The van der Waals surface area contributed by atoms with Crippen LogP contribution >= 0.6 is 0 Å². The minimum absolute atomic E-state index is 0.0730. The van der Waals surface area contributed by atoms with Gasteiger partial charge in [0.05, 0.1) is 0 Å². The number of hydrogen-bond acceptors (Lipinski definition) is 2. The first-order valence-corrected chi connectivity index (χ1v) is 8.68. The molecule has 0 radical (unpaired) electrons. The molecule has 0 heterocycles. The van der Waals surface area contributed by atoms with Gasteiger partial charge in [-0.05, 0) is 48.7 Å². The molecule has 6 heteroatoms. The highest BCUT2D eigenvalue weighted by Crippen LogP contribution is 2.05. The highest BCUT2D eigenvalue weighted by Gasteiger charge is 2.05. The van der Waals surface area contributed by atoms with Crippen molar-refractivity contribution in [2.24, 2.45) is 4.99 Å². The fourth-order valence-corrected chi connectivity index (χ4v) is 2.47. The van der Waals surface area contributed by atoms with Gasteiger partial charge in [0, 0.05) is 32.2 Å². The quantitative estimate of drug-likeness (QED) is 0.527. The zero-order chi connectivity index (χ0) is 18.8. The third kappa shape index (κ3) is 6.20. The average molecular weight is 356 g/mol. The highest BCUT2D eigenvalue weighted by molar-refractivity contribution is 5.94. The van der Waals surface area contributed by atoms with E-state index in [0.29, 0.717) is 31.2 Å². The average Bonchev–Trinajstić information content (AvgIpc) is 2.66. The third-order valence-corrected chi connectivity index (χ3v) is 3.83. The largest absolute Gasteiger partial charge is 0.356 e. The van der Waals surface area contributed by atoms with Gasteiger partial charge in [-0.25, -0.2) is 4.39 Å². The lowest BCUT2D eigenvalue weighted by Crippen LogP contribution is -2.37. The van der Waals surface area contributed by atoms with Crippen LogP contribution in [0.1, 0.15) is 28.4 Å². The molecule has 0 saturated carbocycles. The van der Waals surface area contributed by atoms with Crippen molar-refractivity contribution in [2.75, 3.05) is 20.1 Å². The molecule has 0 fully saturated rings. The van der Waals surface area contributed by atoms with E-state index in [2.05, 4.69) is 20.9 Å². The number of carbonyl (C=O) groups is 1. The standard InChI is InChI=1S/C20H25FN4O/c1-3-23-19(26)17-6-4-5-16(13-17)14-25-20(22-2)24-12-11-15-7-9-18(21)10-8-15/h4-10,13H,3,11-12,14H2,1-2H3,(H,23,26)(H2,22,24,25). The number of carbonyl (C=O) groups excluding carboxylic acids is 1. The molecule has 0 aliphatic carbocycles. The molecule has 2 aromatic carbocycles. The number of aliphatic imine (C=N–C) groups is 1. The van der Waals surface area contributed by atoms with E-state index in [1.165, 1.54) is 12.1 Å². The second-order valence-corrected chi connectivity index (χ2v) is 5.79. The van der Waals surface area contributed by atoms with Crippen molar-refractivity contribution in [3.63, 3.8) is 0 Å². The molecule has 5 nitrogen and oxygen atoms in total. The van der Waals surface area contributed by atoms with E-state index in [0.717, 1.165) is 17.5 Å². The van der Waals surface area contributed by atoms with E-state index in [1.54, 1.807) is 25.2 Å². The lowest BCUT2D eigenvalue weighted by Gasteiger charge is -2.12. The van der Waals surface area contributed by atoms with Gasteiger partial charge in [0.1, 0.15) is 5.82 Å². The van der Waals surface area contributed by atoms with Crippen LogP contribution in [-0.2, 0) is 13.0 Å². The van der Waals surface area contributed by atoms with Crippen LogP contribution in [0.5, 0.6) is 0 Å². The first-order valence-electron chi connectivity index (χ1n) is 8.68. The van der Waals surface area contributed by atoms with Gasteiger partial charge in [0.2, 0.25) is 0 Å². The van der Waals surface area contributed by atoms with Crippen LogP contribution in [-0.4, -0.2) is 32.0 Å². The van der Waals surface area contributed by atoms with Gasteiger partial charge in [0.15, 0.2) is 5.96 Å². The Morgan fingerprint density at radius 1 is 1.04 bits per heavy atom. The Bertz CT molecular complexity index is 744. The summed E-state index contributed by atoms with van der Waals surface area (Å²) in [6.07, 6.45) is 0.771. The van der Waals surface area contributed by atoms with Crippen molar-refractivity contribution in [1.82, 2.24) is 16.0 Å². The minimum Gasteiger partial charge on any atom is -0.356 e. The summed E-state index contributed by atoms with van der Waals surface area (Å²) in [6, 6.07) is 14.0. The van der Waals surface area contributed by atoms with E-state index in [1.807, 2.05) is 25.1 Å². The number of benzene rings is 2. The van der Waals surface area contributed by atoms with Crippen LogP contribution in [0.2, 0.25) is 0 Å². The van der Waals surface area contributed by atoms with Crippen LogP contribution < -0.4 is 16.0 Å². The van der Waals surface area contributed by atoms with Crippen molar-refractivity contribution in [1.29, 1.82) is 0 Å². The van der Waals surface area contributed by atoms with Crippen LogP contribution in [0, 0.1) is 5.82 Å². The molecule has 0 aromatic heterocycles. The van der Waals surface area contributed by atoms with E-state index in [-0.39, 0.29) is 11.7 Å². The Hall–Kier alpha value is -2.89. The third-order valence-electron chi connectivity index (χ3n) is 3.83. The van der Waals surface area contributed by atoms with Crippen molar-refractivity contribution >= 4 is 11.9 Å². The van der Waals surface area contributed by atoms with Crippen LogP contribution in [0.4, 0.5) is 4.39 Å². The Morgan fingerprint density at radius 3 is 2.50 bits per heavy atom. The second-order valence-electron chi connectivity index (χ2n) is 5.79. The van der Waals surface area contributed by atoms with E-state index >= 15 is 0 Å². The summed E-state index contributed by atoms with van der Waals surface area (Å²) in [5.41, 5.74) is 2.70. The molecular formula is C20H25FN4O. The summed E-state index contributed by atoms with van der Waals surface area (Å²) in [5.74, 6) is 0.376. The van der Waals surface area contributed by atoms with Gasteiger partial charge in [-0.15, -0.1) is 0 Å². The molecule has 0 atom stereocenters. The van der Waals surface area contributed by atoms with Crippen molar-refractivity contribution in [2.45, 2.75) is 19.9 Å². The van der Waals surface area contributed by atoms with Gasteiger partial charge >= 0.3 is 0 Å².